The summed E-state index contributed by atoms with van der Waals surface area (Å²) in [5.41, 5.74) is -2.73. The summed E-state index contributed by atoms with van der Waals surface area (Å²) in [6.07, 6.45) is -5.60. The van der Waals surface area contributed by atoms with Crippen LogP contribution in [0.25, 0.3) is 0 Å². The first-order chi connectivity index (χ1) is 29.6. The number of methoxy groups -OCH3 is 2. The Balaban J connectivity index is 1.61. The van der Waals surface area contributed by atoms with Gasteiger partial charge in [-0.1, -0.05) is 58.0 Å². The standard InChI is InChI=1S/C48H81N3O12/c1-15-22-51-27-28(3)24-47(10,57-14)42(63-44-39-35(23-29(4)58-44)50(12)45(62-39)49-26-34-20-18-17-19-21-34)30(5)38(61-37-25-46(9,56-13)41(53)33(8)59-37)31(6)43(54)60-36(16-2)48(11,55)40(52)32(51)7/h17-21,28-33,35-42,44,52-53,55H,15-16,22-27H2,1-14H3/t28-,29-,30+,31-,32-,33+,35+,36-,37+,38+,39-,40-,41+,42-,44+,46-,47-,48-/m1/s1. The molecule has 1 aromatic carbocycles. The molecule has 4 aliphatic heterocycles. The number of amidine groups is 1. The molecule has 1 aromatic rings. The van der Waals surface area contributed by atoms with Crippen molar-refractivity contribution >= 4 is 12.0 Å². The molecule has 0 amide bonds. The van der Waals surface area contributed by atoms with Crippen LogP contribution in [-0.4, -0.2) is 162 Å². The van der Waals surface area contributed by atoms with Gasteiger partial charge in [0.05, 0.1) is 54.1 Å². The minimum atomic E-state index is -1.78. The zero-order chi connectivity index (χ0) is 46.6. The van der Waals surface area contributed by atoms with Gasteiger partial charge < -0.3 is 58.1 Å². The molecule has 5 rings (SSSR count). The van der Waals surface area contributed by atoms with E-state index in [2.05, 4.69) is 23.6 Å². The van der Waals surface area contributed by atoms with Crippen molar-refractivity contribution < 1.29 is 58.0 Å². The Morgan fingerprint density at radius 2 is 1.56 bits per heavy atom. The number of cyclic esters (lactones) is 1. The van der Waals surface area contributed by atoms with E-state index >= 15 is 0 Å². The zero-order valence-corrected chi connectivity index (χ0v) is 40.6. The number of ether oxygens (including phenoxy) is 8. The minimum Gasteiger partial charge on any atom is -0.459 e. The summed E-state index contributed by atoms with van der Waals surface area (Å²) >= 11 is 0. The molecule has 15 nitrogen and oxygen atoms in total. The van der Waals surface area contributed by atoms with E-state index in [1.807, 2.05) is 78.9 Å². The smallest absolute Gasteiger partial charge is 0.311 e. The van der Waals surface area contributed by atoms with Crippen LogP contribution >= 0.6 is 0 Å². The molecule has 18 atom stereocenters. The number of hydrogen-bond donors (Lipinski definition) is 3. The molecule has 4 heterocycles. The number of hydrogen-bond acceptors (Lipinski definition) is 14. The van der Waals surface area contributed by atoms with Gasteiger partial charge in [0.1, 0.15) is 23.9 Å². The van der Waals surface area contributed by atoms with E-state index in [-0.39, 0.29) is 30.9 Å². The Labute approximate surface area is 377 Å². The Hall–Kier alpha value is -2.44. The average molecular weight is 892 g/mol. The predicted octanol–water partition coefficient (Wildman–Crippen LogP) is 5.30. The summed E-state index contributed by atoms with van der Waals surface area (Å²) < 4.78 is 52.6. The van der Waals surface area contributed by atoms with Gasteiger partial charge in [-0.3, -0.25) is 9.69 Å². The van der Waals surface area contributed by atoms with E-state index in [4.69, 9.17) is 42.9 Å². The van der Waals surface area contributed by atoms with Crippen LogP contribution < -0.4 is 0 Å². The van der Waals surface area contributed by atoms with Crippen molar-refractivity contribution in [3.63, 3.8) is 0 Å². The van der Waals surface area contributed by atoms with Gasteiger partial charge in [-0.25, -0.2) is 4.99 Å². The molecule has 360 valence electrons. The van der Waals surface area contributed by atoms with Crippen LogP contribution in [0, 0.1) is 17.8 Å². The second kappa shape index (κ2) is 21.5. The molecule has 0 unspecified atom stereocenters. The van der Waals surface area contributed by atoms with Gasteiger partial charge in [-0.05, 0) is 92.2 Å². The van der Waals surface area contributed by atoms with Crippen molar-refractivity contribution in [3.8, 4) is 0 Å². The van der Waals surface area contributed by atoms with Gasteiger partial charge in [0, 0.05) is 46.2 Å². The lowest BCUT2D eigenvalue weighted by Gasteiger charge is -2.49. The maximum Gasteiger partial charge on any atom is 0.311 e. The molecule has 0 bridgehead atoms. The first-order valence-electron chi connectivity index (χ1n) is 23.4. The fourth-order valence-corrected chi connectivity index (χ4v) is 10.6. The zero-order valence-electron chi connectivity index (χ0n) is 40.6. The van der Waals surface area contributed by atoms with Crippen LogP contribution in [0.15, 0.2) is 35.3 Å². The molecule has 0 saturated carbocycles. The number of benzene rings is 1. The van der Waals surface area contributed by atoms with Crippen molar-refractivity contribution in [3.05, 3.63) is 35.9 Å². The van der Waals surface area contributed by atoms with Crippen LogP contribution in [-0.2, 0) is 49.2 Å². The minimum absolute atomic E-state index is 0.00266. The molecule has 4 saturated heterocycles. The normalized spacial score (nSPS) is 44.3. The number of carbonyl (C=O) groups excluding carboxylic acids is 1. The first-order valence-corrected chi connectivity index (χ1v) is 23.4. The number of esters is 1. The average Bonchev–Trinajstić information content (AvgIpc) is 3.57. The van der Waals surface area contributed by atoms with Crippen LogP contribution in [0.4, 0.5) is 0 Å². The summed E-state index contributed by atoms with van der Waals surface area (Å²) in [4.78, 5) is 23.8. The molecular formula is C48H81N3O12. The third-order valence-corrected chi connectivity index (χ3v) is 14.6. The third kappa shape index (κ3) is 11.4. The van der Waals surface area contributed by atoms with Crippen molar-refractivity contribution in [2.75, 3.05) is 34.4 Å². The number of likely N-dealkylation sites (N-methyl/N-ethyl adjacent to an activating group) is 1. The highest BCUT2D eigenvalue weighted by molar-refractivity contribution is 5.76. The lowest BCUT2D eigenvalue weighted by Crippen LogP contribution is -2.60. The predicted molar refractivity (Wildman–Crippen MR) is 239 cm³/mol. The van der Waals surface area contributed by atoms with Crippen molar-refractivity contribution in [1.29, 1.82) is 0 Å². The molecule has 0 aromatic heterocycles. The maximum absolute atomic E-state index is 14.6. The second-order valence-corrected chi connectivity index (χ2v) is 19.7. The van der Waals surface area contributed by atoms with Crippen molar-refractivity contribution in [2.45, 2.75) is 205 Å². The van der Waals surface area contributed by atoms with Gasteiger partial charge in [-0.2, -0.15) is 0 Å². The number of nitrogens with zero attached hydrogens (tertiary/aromatic N) is 3. The van der Waals surface area contributed by atoms with E-state index in [0.29, 0.717) is 38.5 Å². The summed E-state index contributed by atoms with van der Waals surface area (Å²) in [5, 5.41) is 35.1. The highest BCUT2D eigenvalue weighted by Gasteiger charge is 2.55. The molecule has 4 aliphatic rings. The van der Waals surface area contributed by atoms with Crippen molar-refractivity contribution in [2.24, 2.45) is 22.7 Å². The number of aliphatic hydroxyl groups is 3. The van der Waals surface area contributed by atoms with Crippen LogP contribution in [0.5, 0.6) is 0 Å². The summed E-state index contributed by atoms with van der Waals surface area (Å²) in [7, 11) is 5.22. The highest BCUT2D eigenvalue weighted by atomic mass is 16.7. The Kier molecular flexibility index (Phi) is 17.6. The lowest BCUT2D eigenvalue weighted by atomic mass is 9.77. The van der Waals surface area contributed by atoms with Gasteiger partial charge in [0.15, 0.2) is 18.7 Å². The number of fused-ring (bicyclic) bond motifs is 1. The molecule has 15 heteroatoms. The Bertz CT molecular complexity index is 1640. The van der Waals surface area contributed by atoms with Crippen molar-refractivity contribution in [1.82, 2.24) is 9.80 Å². The van der Waals surface area contributed by atoms with Crippen LogP contribution in [0.1, 0.15) is 114 Å². The quantitative estimate of drug-likeness (QED) is 0.245. The molecule has 3 N–H and O–H groups in total. The number of rotatable bonds is 11. The highest BCUT2D eigenvalue weighted by Crippen LogP contribution is 2.42. The van der Waals surface area contributed by atoms with Gasteiger partial charge >= 0.3 is 5.97 Å². The molecule has 0 aliphatic carbocycles. The Morgan fingerprint density at radius 3 is 2.17 bits per heavy atom. The van der Waals surface area contributed by atoms with Crippen LogP contribution in [0.3, 0.4) is 0 Å². The lowest BCUT2D eigenvalue weighted by molar-refractivity contribution is -0.315. The van der Waals surface area contributed by atoms with E-state index in [1.54, 1.807) is 35.0 Å². The van der Waals surface area contributed by atoms with Crippen LogP contribution in [0.2, 0.25) is 0 Å². The molecular weight excluding hydrogens is 811 g/mol. The summed E-state index contributed by atoms with van der Waals surface area (Å²) in [6.45, 7) is 22.6. The second-order valence-electron chi connectivity index (χ2n) is 19.7. The number of carbonyl (C=O) groups is 1. The SMILES string of the molecule is CCCN1C[C@H](C)C[C@@](C)(OC)[C@H](O[C@@H]2O[C@H](C)C[C@H]3[C@H]2OC(=NCc2ccccc2)N3C)[C@@H](C)[C@H](O[C@H]2C[C@@](C)(OC)[C@@H](O)[C@H](C)O2)[C@@H](C)C(=O)O[C@H](CC)[C@@](C)(O)[C@H](O)[C@H]1C. The number of aliphatic hydroxyl groups excluding tert-OH is 2. The monoisotopic (exact) mass is 892 g/mol. The first kappa shape index (κ1) is 51.5. The molecule has 63 heavy (non-hydrogen) atoms. The number of aliphatic imine (C=N–C) groups is 1. The summed E-state index contributed by atoms with van der Waals surface area (Å²) in [5.74, 6) is -2.17. The topological polar surface area (TPSA) is 170 Å². The molecule has 4 fully saturated rings. The fourth-order valence-electron chi connectivity index (χ4n) is 10.6. The maximum atomic E-state index is 14.6. The largest absolute Gasteiger partial charge is 0.459 e. The van der Waals surface area contributed by atoms with Gasteiger partial charge in [0.2, 0.25) is 0 Å². The van der Waals surface area contributed by atoms with E-state index in [9.17, 15) is 20.1 Å². The van der Waals surface area contributed by atoms with Gasteiger partial charge in [-0.15, -0.1) is 0 Å². The molecule has 0 spiro atoms. The van der Waals surface area contributed by atoms with E-state index < -0.39 is 96.0 Å². The van der Waals surface area contributed by atoms with Gasteiger partial charge in [0.25, 0.3) is 6.02 Å². The fraction of sp³-hybridized carbons (Fsp3) is 0.833. The molecule has 0 radical (unpaired) electrons. The third-order valence-electron chi connectivity index (χ3n) is 14.6. The summed E-state index contributed by atoms with van der Waals surface area (Å²) in [6, 6.07) is 9.97. The van der Waals surface area contributed by atoms with E-state index in [1.165, 1.54) is 0 Å². The van der Waals surface area contributed by atoms with E-state index in [0.717, 1.165) is 12.0 Å². The Morgan fingerprint density at radius 1 is 0.889 bits per heavy atom.